The molecule has 1 saturated carbocycles. The molecular weight excluding hydrogens is 543 g/mol. The van der Waals surface area contributed by atoms with Gasteiger partial charge in [-0.15, -0.1) is 0 Å². The van der Waals surface area contributed by atoms with E-state index in [0.717, 1.165) is 40.0 Å². The van der Waals surface area contributed by atoms with Crippen LogP contribution in [-0.2, 0) is 6.18 Å². The number of alkyl halides is 3. The summed E-state index contributed by atoms with van der Waals surface area (Å²) in [5.74, 6) is 2.50. The lowest BCUT2D eigenvalue weighted by Gasteiger charge is -2.13. The summed E-state index contributed by atoms with van der Waals surface area (Å²) >= 11 is 0. The number of hydrogen-bond donors (Lipinski definition) is 2. The summed E-state index contributed by atoms with van der Waals surface area (Å²) < 4.78 is 52.0. The van der Waals surface area contributed by atoms with Gasteiger partial charge in [-0.2, -0.15) is 13.2 Å². The van der Waals surface area contributed by atoms with Gasteiger partial charge in [0.05, 0.1) is 28.0 Å². The molecule has 0 radical (unpaired) electrons. The summed E-state index contributed by atoms with van der Waals surface area (Å²) in [6.07, 6.45) is -4.56. The zero-order chi connectivity index (χ0) is 28.7. The molecule has 1 aliphatic carbocycles. The fourth-order valence-electron chi connectivity index (χ4n) is 5.96. The van der Waals surface area contributed by atoms with Crippen LogP contribution in [0.2, 0.25) is 0 Å². The van der Waals surface area contributed by atoms with E-state index < -0.39 is 11.7 Å². The molecule has 0 spiro atoms. The van der Waals surface area contributed by atoms with Crippen LogP contribution in [0.4, 0.5) is 13.2 Å². The zero-order valence-corrected chi connectivity index (χ0v) is 22.1. The van der Waals surface area contributed by atoms with Crippen LogP contribution in [0.15, 0.2) is 89.7 Å². The molecule has 0 saturated heterocycles. The largest absolute Gasteiger partial charge is 0.489 e. The number of aromatic amines is 2. The van der Waals surface area contributed by atoms with E-state index in [2.05, 4.69) is 15.0 Å². The summed E-state index contributed by atoms with van der Waals surface area (Å²) in [5, 5.41) is 0.770. The van der Waals surface area contributed by atoms with E-state index in [4.69, 9.17) is 9.47 Å². The van der Waals surface area contributed by atoms with Crippen molar-refractivity contribution in [2.45, 2.75) is 31.0 Å². The number of aryl methyl sites for hydroxylation is 1. The number of nitrogens with one attached hydrogen (secondary N) is 2. The van der Waals surface area contributed by atoms with Crippen LogP contribution >= 0.6 is 0 Å². The Morgan fingerprint density at radius 2 is 1.71 bits per heavy atom. The van der Waals surface area contributed by atoms with Crippen molar-refractivity contribution >= 4 is 21.9 Å². The highest BCUT2D eigenvalue weighted by Gasteiger charge is 2.61. The molecule has 0 bridgehead atoms. The van der Waals surface area contributed by atoms with Crippen LogP contribution in [0.3, 0.4) is 0 Å². The van der Waals surface area contributed by atoms with Crippen LogP contribution in [-0.4, -0.2) is 21.1 Å². The van der Waals surface area contributed by atoms with Crippen molar-refractivity contribution in [3.05, 3.63) is 118 Å². The molecule has 0 unspecified atom stereocenters. The lowest BCUT2D eigenvalue weighted by Crippen LogP contribution is -2.08. The minimum absolute atomic E-state index is 0.0169. The third kappa shape index (κ3) is 3.95. The molecule has 6 nitrogen and oxygen atoms in total. The molecule has 8 rings (SSSR count). The third-order valence-corrected chi connectivity index (χ3v) is 8.14. The van der Waals surface area contributed by atoms with Gasteiger partial charge >= 0.3 is 6.18 Å². The van der Waals surface area contributed by atoms with Gasteiger partial charge in [0.25, 0.3) is 5.56 Å². The number of hydrogen-bond acceptors (Lipinski definition) is 4. The van der Waals surface area contributed by atoms with E-state index in [-0.39, 0.29) is 23.5 Å². The third-order valence-electron chi connectivity index (χ3n) is 8.14. The van der Waals surface area contributed by atoms with Gasteiger partial charge in [0.15, 0.2) is 0 Å². The molecule has 0 amide bonds. The molecule has 2 aromatic heterocycles. The SMILES string of the molecule is Cc1ccc(-c2cc3c(Oc4ccc5c(c4)[C@H]4[C@@H](O5)[C@@H]4c4nc5ccc(C(F)(F)F)cc5[nH]4)cccc3[nH]c2=O)cc1. The number of rotatable bonds is 4. The first-order valence-electron chi connectivity index (χ1n) is 13.5. The van der Waals surface area contributed by atoms with Gasteiger partial charge in [0, 0.05) is 22.4 Å². The Balaban J connectivity index is 1.10. The lowest BCUT2D eigenvalue weighted by molar-refractivity contribution is -0.137. The van der Waals surface area contributed by atoms with E-state index in [9.17, 15) is 18.0 Å². The van der Waals surface area contributed by atoms with Crippen molar-refractivity contribution < 1.29 is 22.6 Å². The average molecular weight is 566 g/mol. The summed E-state index contributed by atoms with van der Waals surface area (Å²) in [5.41, 5.74) is 4.05. The molecule has 1 aliphatic heterocycles. The predicted octanol–water partition coefficient (Wildman–Crippen LogP) is 7.83. The second-order valence-corrected chi connectivity index (χ2v) is 10.9. The summed E-state index contributed by atoms with van der Waals surface area (Å²) in [6, 6.07) is 24.3. The number of aromatic nitrogens is 3. The molecule has 3 atom stereocenters. The van der Waals surface area contributed by atoms with Crippen LogP contribution < -0.4 is 15.0 Å². The topological polar surface area (TPSA) is 80.0 Å². The smallest absolute Gasteiger partial charge is 0.416 e. The molecule has 208 valence electrons. The number of halogens is 3. The monoisotopic (exact) mass is 565 g/mol. The minimum Gasteiger partial charge on any atom is -0.489 e. The van der Waals surface area contributed by atoms with Gasteiger partial charge in [0.1, 0.15) is 29.2 Å². The first-order chi connectivity index (χ1) is 20.2. The van der Waals surface area contributed by atoms with Crippen molar-refractivity contribution in [3.8, 4) is 28.4 Å². The second-order valence-electron chi connectivity index (χ2n) is 10.9. The number of nitrogens with zero attached hydrogens (tertiary/aromatic N) is 1. The highest BCUT2D eigenvalue weighted by molar-refractivity contribution is 5.89. The van der Waals surface area contributed by atoms with Crippen molar-refractivity contribution in [2.24, 2.45) is 0 Å². The van der Waals surface area contributed by atoms with Gasteiger partial charge in [-0.3, -0.25) is 4.79 Å². The molecule has 6 aromatic rings. The molecule has 42 heavy (non-hydrogen) atoms. The fourth-order valence-corrected chi connectivity index (χ4v) is 5.96. The van der Waals surface area contributed by atoms with Crippen molar-refractivity contribution in [1.29, 1.82) is 0 Å². The normalized spacial score (nSPS) is 19.0. The van der Waals surface area contributed by atoms with Crippen molar-refractivity contribution in [1.82, 2.24) is 15.0 Å². The van der Waals surface area contributed by atoms with E-state index in [0.29, 0.717) is 39.4 Å². The Morgan fingerprint density at radius 1 is 0.881 bits per heavy atom. The maximum absolute atomic E-state index is 13.2. The van der Waals surface area contributed by atoms with Crippen LogP contribution in [0.5, 0.6) is 17.2 Å². The molecule has 1 fully saturated rings. The van der Waals surface area contributed by atoms with Gasteiger partial charge in [-0.05, 0) is 67.1 Å². The van der Waals surface area contributed by atoms with E-state index in [1.54, 1.807) is 0 Å². The molecular formula is C33H22F3N3O3. The highest BCUT2D eigenvalue weighted by atomic mass is 19.4. The number of benzene rings is 4. The first-order valence-corrected chi connectivity index (χ1v) is 13.5. The maximum Gasteiger partial charge on any atom is 0.416 e. The van der Waals surface area contributed by atoms with E-state index >= 15 is 0 Å². The Bertz CT molecular complexity index is 2100. The average Bonchev–Trinajstić information content (AvgIpc) is 3.30. The van der Waals surface area contributed by atoms with E-state index in [1.165, 1.54) is 6.07 Å². The Hall–Kier alpha value is -5.05. The molecule has 3 heterocycles. The second kappa shape index (κ2) is 8.72. The predicted molar refractivity (Wildman–Crippen MR) is 152 cm³/mol. The number of fused-ring (bicyclic) bond motifs is 5. The van der Waals surface area contributed by atoms with Gasteiger partial charge in [0.2, 0.25) is 0 Å². The van der Waals surface area contributed by atoms with Crippen molar-refractivity contribution in [3.63, 3.8) is 0 Å². The molecule has 2 N–H and O–H groups in total. The number of H-pyrrole nitrogens is 2. The molecule has 2 aliphatic rings. The standard InChI is InChI=1S/C33H22F3N3O3/c1-16-5-7-17(8-6-16)20-15-21-23(39-32(20)40)3-2-4-26(21)41-19-10-12-27-22(14-19)28-29(30(28)42-27)31-37-24-11-9-18(33(34,35)36)13-25(24)38-31/h2-15,28-30H,1H3,(H,37,38)(H,39,40)/t28-,29-,30-/m1/s1. The summed E-state index contributed by atoms with van der Waals surface area (Å²) in [6.45, 7) is 2.00. The van der Waals surface area contributed by atoms with Gasteiger partial charge in [-0.25, -0.2) is 4.98 Å². The van der Waals surface area contributed by atoms with Gasteiger partial charge < -0.3 is 19.4 Å². The van der Waals surface area contributed by atoms with Crippen LogP contribution in [0.1, 0.15) is 34.4 Å². The quantitative estimate of drug-likeness (QED) is 0.228. The van der Waals surface area contributed by atoms with E-state index in [1.807, 2.05) is 73.7 Å². The minimum atomic E-state index is -4.42. The fraction of sp³-hybridized carbons (Fsp3) is 0.152. The zero-order valence-electron chi connectivity index (χ0n) is 22.1. The van der Waals surface area contributed by atoms with Gasteiger partial charge in [-0.1, -0.05) is 35.9 Å². The summed E-state index contributed by atoms with van der Waals surface area (Å²) in [7, 11) is 0. The number of pyridine rings is 1. The molecule has 4 aromatic carbocycles. The first kappa shape index (κ1) is 24.7. The lowest BCUT2D eigenvalue weighted by atomic mass is 10.0. The maximum atomic E-state index is 13.2. The molecule has 9 heteroatoms. The Labute approximate surface area is 236 Å². The number of imidazole rings is 1. The Kier molecular flexibility index (Phi) is 5.13. The van der Waals surface area contributed by atoms with Crippen molar-refractivity contribution in [2.75, 3.05) is 0 Å². The van der Waals surface area contributed by atoms with Crippen LogP contribution in [0, 0.1) is 6.92 Å². The highest BCUT2D eigenvalue weighted by Crippen LogP contribution is 2.63. The summed E-state index contributed by atoms with van der Waals surface area (Å²) in [4.78, 5) is 23.5. The van der Waals surface area contributed by atoms with Crippen LogP contribution in [0.25, 0.3) is 33.1 Å². The number of ether oxygens (including phenoxy) is 2. The Morgan fingerprint density at radius 3 is 2.52 bits per heavy atom.